The Hall–Kier alpha value is -5.68. The van der Waals surface area contributed by atoms with Crippen molar-refractivity contribution in [3.63, 3.8) is 0 Å². The first-order chi connectivity index (χ1) is 23.2. The first-order valence-corrected chi connectivity index (χ1v) is 15.5. The number of urea groups is 1. The van der Waals surface area contributed by atoms with E-state index in [0.29, 0.717) is 41.2 Å². The number of para-hydroxylation sites is 1. The summed E-state index contributed by atoms with van der Waals surface area (Å²) >= 11 is 0. The fourth-order valence-corrected chi connectivity index (χ4v) is 5.52. The van der Waals surface area contributed by atoms with Crippen molar-refractivity contribution >= 4 is 35.1 Å². The topological polar surface area (TPSA) is 102 Å². The van der Waals surface area contributed by atoms with E-state index in [-0.39, 0.29) is 24.2 Å². The van der Waals surface area contributed by atoms with E-state index in [1.807, 2.05) is 74.4 Å². The zero-order chi connectivity index (χ0) is 33.8. The predicted octanol–water partition coefficient (Wildman–Crippen LogP) is 6.91. The summed E-state index contributed by atoms with van der Waals surface area (Å²) in [6.07, 6.45) is 0.785. The number of nitrogens with one attached hydrogen (secondary N) is 3. The zero-order valence-electron chi connectivity index (χ0n) is 26.8. The second-order valence-corrected chi connectivity index (χ2v) is 11.8. The number of hydrogen-bond acceptors (Lipinski definition) is 6. The number of likely N-dealkylation sites (N-methyl/N-ethyl adjacent to an activating group) is 1. The first-order valence-electron chi connectivity index (χ1n) is 15.5. The van der Waals surface area contributed by atoms with Crippen LogP contribution in [0.3, 0.4) is 0 Å². The normalized spacial score (nSPS) is 12.5. The molecular formula is C37H35F2N7O2. The number of fused-ring (bicyclic) bond motifs is 1. The van der Waals surface area contributed by atoms with Crippen molar-refractivity contribution in [1.82, 2.24) is 20.2 Å². The molecule has 5 aromatic rings. The largest absolute Gasteiger partial charge is 0.353 e. The number of amides is 3. The smallest absolute Gasteiger partial charge is 0.328 e. The lowest BCUT2D eigenvalue weighted by Crippen LogP contribution is -2.43. The van der Waals surface area contributed by atoms with Gasteiger partial charge in [-0.1, -0.05) is 54.6 Å². The van der Waals surface area contributed by atoms with Crippen LogP contribution in [0.4, 0.5) is 36.7 Å². The Bertz CT molecular complexity index is 1950. The molecule has 11 heteroatoms. The van der Waals surface area contributed by atoms with Crippen LogP contribution in [0.5, 0.6) is 0 Å². The van der Waals surface area contributed by atoms with Crippen molar-refractivity contribution in [3.8, 4) is 11.3 Å². The molecule has 1 aromatic heterocycles. The molecule has 1 aliphatic rings. The molecule has 0 atom stereocenters. The lowest BCUT2D eigenvalue weighted by atomic mass is 9.97. The van der Waals surface area contributed by atoms with Crippen LogP contribution in [-0.2, 0) is 13.0 Å². The van der Waals surface area contributed by atoms with Gasteiger partial charge in [-0.2, -0.15) is 4.98 Å². The van der Waals surface area contributed by atoms with Crippen LogP contribution in [0.25, 0.3) is 11.3 Å². The minimum absolute atomic E-state index is 0.0131. The molecule has 3 N–H and O–H groups in total. The maximum Gasteiger partial charge on any atom is 0.328 e. The maximum absolute atomic E-state index is 15.1. The average molecular weight is 648 g/mol. The van der Waals surface area contributed by atoms with Gasteiger partial charge in [-0.15, -0.1) is 0 Å². The molecule has 4 aromatic carbocycles. The summed E-state index contributed by atoms with van der Waals surface area (Å²) in [7, 11) is 3.85. The number of aryl methyl sites for hydroxylation is 1. The van der Waals surface area contributed by atoms with Gasteiger partial charge in [-0.3, -0.25) is 4.79 Å². The molecule has 3 amide bonds. The van der Waals surface area contributed by atoms with Gasteiger partial charge in [0.2, 0.25) is 5.95 Å². The molecule has 1 aliphatic heterocycles. The van der Waals surface area contributed by atoms with E-state index < -0.39 is 23.4 Å². The number of halogens is 2. The fourth-order valence-electron chi connectivity index (χ4n) is 5.52. The number of carbonyl (C=O) groups excluding carboxylic acids is 2. The van der Waals surface area contributed by atoms with E-state index in [1.54, 1.807) is 12.1 Å². The van der Waals surface area contributed by atoms with Gasteiger partial charge in [0.15, 0.2) is 5.82 Å². The number of aromatic nitrogens is 2. The highest BCUT2D eigenvalue weighted by molar-refractivity contribution is 6.06. The average Bonchev–Trinajstić information content (AvgIpc) is 3.06. The number of hydrogen-bond donors (Lipinski definition) is 3. The SMILES string of the molecule is Cc1ccc(C(=O)Nc2ccc(Cc3ccccc3)cc2)cc1-c1nc(NCCN(C)C)nc2c1CNC(=O)N2c1c(F)cccc1F. The van der Waals surface area contributed by atoms with Gasteiger partial charge in [0.1, 0.15) is 17.3 Å². The molecule has 0 radical (unpaired) electrons. The molecule has 2 heterocycles. The first kappa shape index (κ1) is 32.3. The van der Waals surface area contributed by atoms with Gasteiger partial charge in [0.05, 0.1) is 12.2 Å². The van der Waals surface area contributed by atoms with Gasteiger partial charge < -0.3 is 20.9 Å². The van der Waals surface area contributed by atoms with Crippen LogP contribution in [0, 0.1) is 18.6 Å². The quantitative estimate of drug-likeness (QED) is 0.152. The molecule has 9 nitrogen and oxygen atoms in total. The Morgan fingerprint density at radius 1 is 0.917 bits per heavy atom. The maximum atomic E-state index is 15.1. The van der Waals surface area contributed by atoms with Crippen molar-refractivity contribution in [2.24, 2.45) is 0 Å². The number of rotatable bonds is 10. The van der Waals surface area contributed by atoms with Gasteiger partial charge in [-0.05, 0) is 80.5 Å². The van der Waals surface area contributed by atoms with E-state index in [2.05, 4.69) is 33.1 Å². The zero-order valence-corrected chi connectivity index (χ0v) is 26.8. The number of benzene rings is 4. The highest BCUT2D eigenvalue weighted by atomic mass is 19.1. The molecular weight excluding hydrogens is 612 g/mol. The second kappa shape index (κ2) is 14.0. The number of anilines is 4. The molecule has 0 saturated carbocycles. The summed E-state index contributed by atoms with van der Waals surface area (Å²) in [6.45, 7) is 3.02. The highest BCUT2D eigenvalue weighted by Crippen LogP contribution is 2.39. The van der Waals surface area contributed by atoms with Crippen LogP contribution in [0.15, 0.2) is 91.0 Å². The van der Waals surface area contributed by atoms with E-state index in [9.17, 15) is 9.59 Å². The Labute approximate surface area is 277 Å². The molecule has 0 bridgehead atoms. The number of carbonyl (C=O) groups is 2. The summed E-state index contributed by atoms with van der Waals surface area (Å²) < 4.78 is 30.1. The van der Waals surface area contributed by atoms with Gasteiger partial charge >= 0.3 is 6.03 Å². The van der Waals surface area contributed by atoms with Crippen molar-refractivity contribution in [1.29, 1.82) is 0 Å². The molecule has 0 spiro atoms. The van der Waals surface area contributed by atoms with Crippen molar-refractivity contribution in [2.45, 2.75) is 19.9 Å². The molecule has 244 valence electrons. The minimum atomic E-state index is -0.914. The van der Waals surface area contributed by atoms with Crippen LogP contribution in [0.1, 0.15) is 32.6 Å². The lowest BCUT2D eigenvalue weighted by Gasteiger charge is -2.31. The van der Waals surface area contributed by atoms with Crippen molar-refractivity contribution in [2.75, 3.05) is 42.7 Å². The third-order valence-corrected chi connectivity index (χ3v) is 8.04. The van der Waals surface area contributed by atoms with E-state index in [4.69, 9.17) is 4.98 Å². The number of nitrogens with zero attached hydrogens (tertiary/aromatic N) is 4. The van der Waals surface area contributed by atoms with Gasteiger partial charge in [0, 0.05) is 35.5 Å². The third-order valence-electron chi connectivity index (χ3n) is 8.04. The van der Waals surface area contributed by atoms with Crippen LogP contribution >= 0.6 is 0 Å². The van der Waals surface area contributed by atoms with Crippen LogP contribution in [-0.4, -0.2) is 54.0 Å². The van der Waals surface area contributed by atoms with E-state index >= 15 is 8.78 Å². The Balaban J connectivity index is 1.35. The second-order valence-electron chi connectivity index (χ2n) is 11.8. The minimum Gasteiger partial charge on any atom is -0.353 e. The molecule has 48 heavy (non-hydrogen) atoms. The molecule has 0 unspecified atom stereocenters. The van der Waals surface area contributed by atoms with Crippen molar-refractivity contribution < 1.29 is 18.4 Å². The monoisotopic (exact) mass is 647 g/mol. The summed E-state index contributed by atoms with van der Waals surface area (Å²) in [5.74, 6) is -1.93. The fraction of sp³-hybridized carbons (Fsp3) is 0.189. The lowest BCUT2D eigenvalue weighted by molar-refractivity contribution is 0.102. The molecule has 6 rings (SSSR count). The third kappa shape index (κ3) is 7.01. The Kier molecular flexibility index (Phi) is 9.40. The Morgan fingerprint density at radius 2 is 1.62 bits per heavy atom. The van der Waals surface area contributed by atoms with Gasteiger partial charge in [0.25, 0.3) is 5.91 Å². The molecule has 0 saturated heterocycles. The standard InChI is InChI=1S/C37H35F2N7O2/c1-23-12-15-26(35(47)42-27-16-13-25(14-17-27)20-24-8-5-4-6-9-24)21-28(23)32-29-22-41-37(48)46(33-30(38)10-7-11-31(33)39)34(29)44-36(43-32)40-18-19-45(2)3/h4-17,21H,18-20,22H2,1-3H3,(H,41,48)(H,42,47)(H,40,43,44). The predicted molar refractivity (Wildman–Crippen MR) is 184 cm³/mol. The van der Waals surface area contributed by atoms with Crippen LogP contribution < -0.4 is 20.9 Å². The van der Waals surface area contributed by atoms with Gasteiger partial charge in [-0.25, -0.2) is 23.5 Å². The molecule has 0 fully saturated rings. The summed E-state index contributed by atoms with van der Waals surface area (Å²) in [6, 6.07) is 25.8. The van der Waals surface area contributed by atoms with E-state index in [1.165, 1.54) is 11.6 Å². The highest BCUT2D eigenvalue weighted by Gasteiger charge is 2.34. The summed E-state index contributed by atoms with van der Waals surface area (Å²) in [5.41, 5.74) is 5.10. The summed E-state index contributed by atoms with van der Waals surface area (Å²) in [5, 5.41) is 8.85. The Morgan fingerprint density at radius 3 is 2.33 bits per heavy atom. The van der Waals surface area contributed by atoms with E-state index in [0.717, 1.165) is 34.6 Å². The molecule has 0 aliphatic carbocycles. The summed E-state index contributed by atoms with van der Waals surface area (Å²) in [4.78, 5) is 38.9. The van der Waals surface area contributed by atoms with Crippen molar-refractivity contribution in [3.05, 3.63) is 130 Å². The van der Waals surface area contributed by atoms with Crippen LogP contribution in [0.2, 0.25) is 0 Å².